The van der Waals surface area contributed by atoms with Crippen LogP contribution in [-0.4, -0.2) is 27.6 Å². The van der Waals surface area contributed by atoms with Gasteiger partial charge in [0.2, 0.25) is 5.91 Å². The molecule has 0 unspecified atom stereocenters. The number of aryl methyl sites for hydroxylation is 1. The van der Waals surface area contributed by atoms with Crippen molar-refractivity contribution in [3.05, 3.63) is 66.5 Å². The van der Waals surface area contributed by atoms with Crippen molar-refractivity contribution in [2.75, 3.05) is 12.4 Å². The van der Waals surface area contributed by atoms with Crippen molar-refractivity contribution in [2.45, 2.75) is 17.7 Å². The monoisotopic (exact) mass is 418 g/mol. The summed E-state index contributed by atoms with van der Waals surface area (Å²) >= 11 is 1.67. The lowest BCUT2D eigenvalue weighted by molar-refractivity contribution is -0.114. The number of hydrogen-bond acceptors (Lipinski definition) is 5. The number of hydrogen-bond donors (Lipinski definition) is 1. The first-order valence-electron chi connectivity index (χ1n) is 9.49. The summed E-state index contributed by atoms with van der Waals surface area (Å²) in [7, 11) is 3.63. The van der Waals surface area contributed by atoms with Gasteiger partial charge in [0.15, 0.2) is 0 Å². The molecule has 1 N–H and O–H groups in total. The Hall–Kier alpha value is -3.32. The molecule has 0 spiro atoms. The molecule has 0 aliphatic carbocycles. The standard InChI is InChI=1S/C23H22N4O2S/c1-15(28)25-22-11-18-19(13-27(2)21(18)12-24-22)20-9-17(29-3)10-23(26-20)30-14-16-7-5-4-6-8-16/h4-13H,14H2,1-3H3,(H,24,25,28). The van der Waals surface area contributed by atoms with Gasteiger partial charge in [0.1, 0.15) is 16.6 Å². The number of anilines is 1. The van der Waals surface area contributed by atoms with Gasteiger partial charge in [-0.25, -0.2) is 9.97 Å². The van der Waals surface area contributed by atoms with Crippen molar-refractivity contribution in [3.8, 4) is 17.0 Å². The fourth-order valence-corrected chi connectivity index (χ4v) is 4.14. The van der Waals surface area contributed by atoms with E-state index >= 15 is 0 Å². The van der Waals surface area contributed by atoms with E-state index in [4.69, 9.17) is 9.72 Å². The fourth-order valence-electron chi connectivity index (χ4n) is 3.27. The van der Waals surface area contributed by atoms with Crippen molar-refractivity contribution in [1.82, 2.24) is 14.5 Å². The molecule has 0 saturated heterocycles. The Morgan fingerprint density at radius 2 is 2.00 bits per heavy atom. The fraction of sp³-hybridized carbons (Fsp3) is 0.174. The number of nitrogens with zero attached hydrogens (tertiary/aromatic N) is 3. The normalized spacial score (nSPS) is 10.9. The van der Waals surface area contributed by atoms with Crippen molar-refractivity contribution < 1.29 is 9.53 Å². The lowest BCUT2D eigenvalue weighted by atomic mass is 10.1. The summed E-state index contributed by atoms with van der Waals surface area (Å²) in [6.07, 6.45) is 3.78. The molecule has 3 heterocycles. The molecular weight excluding hydrogens is 396 g/mol. The molecular formula is C23H22N4O2S. The Morgan fingerprint density at radius 1 is 1.20 bits per heavy atom. The molecule has 0 fully saturated rings. The number of carbonyl (C=O) groups is 1. The highest BCUT2D eigenvalue weighted by molar-refractivity contribution is 7.98. The maximum atomic E-state index is 11.4. The van der Waals surface area contributed by atoms with E-state index in [0.717, 1.165) is 38.7 Å². The number of carbonyl (C=O) groups excluding carboxylic acids is 1. The van der Waals surface area contributed by atoms with Crippen LogP contribution in [0, 0.1) is 0 Å². The van der Waals surface area contributed by atoms with Gasteiger partial charge < -0.3 is 14.6 Å². The van der Waals surface area contributed by atoms with Crippen LogP contribution in [0.25, 0.3) is 22.2 Å². The van der Waals surface area contributed by atoms with Crippen LogP contribution in [0.1, 0.15) is 12.5 Å². The highest BCUT2D eigenvalue weighted by Crippen LogP contribution is 2.34. The van der Waals surface area contributed by atoms with E-state index in [1.54, 1.807) is 25.1 Å². The molecule has 0 saturated carbocycles. The van der Waals surface area contributed by atoms with Gasteiger partial charge in [-0.2, -0.15) is 0 Å². The van der Waals surface area contributed by atoms with Gasteiger partial charge in [-0.3, -0.25) is 4.79 Å². The molecule has 0 aliphatic rings. The van der Waals surface area contributed by atoms with Gasteiger partial charge >= 0.3 is 0 Å². The molecule has 0 atom stereocenters. The summed E-state index contributed by atoms with van der Waals surface area (Å²) in [6, 6.07) is 16.1. The molecule has 4 rings (SSSR count). The molecule has 6 nitrogen and oxygen atoms in total. The smallest absolute Gasteiger partial charge is 0.222 e. The molecule has 0 radical (unpaired) electrons. The number of thioether (sulfide) groups is 1. The van der Waals surface area contributed by atoms with Crippen LogP contribution in [0.4, 0.5) is 5.82 Å². The van der Waals surface area contributed by atoms with Crippen LogP contribution in [0.5, 0.6) is 5.75 Å². The number of nitrogens with one attached hydrogen (secondary N) is 1. The zero-order valence-corrected chi connectivity index (χ0v) is 17.9. The number of benzene rings is 1. The lowest BCUT2D eigenvalue weighted by Gasteiger charge is -2.08. The highest BCUT2D eigenvalue weighted by atomic mass is 32.2. The van der Waals surface area contributed by atoms with E-state index in [9.17, 15) is 4.79 Å². The first-order chi connectivity index (χ1) is 14.5. The third-order valence-electron chi connectivity index (χ3n) is 4.70. The molecule has 3 aromatic heterocycles. The van der Waals surface area contributed by atoms with E-state index in [-0.39, 0.29) is 5.91 Å². The minimum atomic E-state index is -0.154. The Labute approximate surface area is 179 Å². The molecule has 0 bridgehead atoms. The zero-order valence-electron chi connectivity index (χ0n) is 17.0. The van der Waals surface area contributed by atoms with Crippen LogP contribution in [0.2, 0.25) is 0 Å². The van der Waals surface area contributed by atoms with E-state index in [2.05, 4.69) is 22.4 Å². The minimum Gasteiger partial charge on any atom is -0.497 e. The van der Waals surface area contributed by atoms with Gasteiger partial charge in [-0.15, -0.1) is 11.8 Å². The molecule has 4 aromatic rings. The zero-order chi connectivity index (χ0) is 21.1. The van der Waals surface area contributed by atoms with Gasteiger partial charge in [-0.1, -0.05) is 30.3 Å². The van der Waals surface area contributed by atoms with Crippen LogP contribution >= 0.6 is 11.8 Å². The van der Waals surface area contributed by atoms with Crippen molar-refractivity contribution >= 4 is 34.4 Å². The summed E-state index contributed by atoms with van der Waals surface area (Å²) in [4.78, 5) is 20.6. The second-order valence-corrected chi connectivity index (χ2v) is 7.92. The topological polar surface area (TPSA) is 69.0 Å². The molecule has 30 heavy (non-hydrogen) atoms. The minimum absolute atomic E-state index is 0.154. The average Bonchev–Trinajstić information content (AvgIpc) is 3.08. The summed E-state index contributed by atoms with van der Waals surface area (Å²) in [5.74, 6) is 1.94. The van der Waals surface area contributed by atoms with E-state index in [1.807, 2.05) is 54.2 Å². The summed E-state index contributed by atoms with van der Waals surface area (Å²) in [5, 5.41) is 4.61. The number of rotatable bonds is 6. The molecule has 152 valence electrons. The predicted octanol–water partition coefficient (Wildman–Crippen LogP) is 4.89. The van der Waals surface area contributed by atoms with Crippen LogP contribution in [0.3, 0.4) is 0 Å². The number of aromatic nitrogens is 3. The van der Waals surface area contributed by atoms with E-state index in [1.165, 1.54) is 12.5 Å². The summed E-state index contributed by atoms with van der Waals surface area (Å²) in [5.41, 5.74) is 3.98. The number of ether oxygens (including phenoxy) is 1. The molecule has 0 aliphatic heterocycles. The highest BCUT2D eigenvalue weighted by Gasteiger charge is 2.14. The average molecular weight is 419 g/mol. The molecule has 1 amide bonds. The van der Waals surface area contributed by atoms with Crippen LogP contribution in [-0.2, 0) is 17.6 Å². The quantitative estimate of drug-likeness (QED) is 0.451. The predicted molar refractivity (Wildman–Crippen MR) is 121 cm³/mol. The van der Waals surface area contributed by atoms with Gasteiger partial charge in [0.25, 0.3) is 0 Å². The lowest BCUT2D eigenvalue weighted by Crippen LogP contribution is -2.07. The van der Waals surface area contributed by atoms with Crippen LogP contribution < -0.4 is 10.1 Å². The second-order valence-electron chi connectivity index (χ2n) is 6.93. The van der Waals surface area contributed by atoms with Crippen molar-refractivity contribution in [1.29, 1.82) is 0 Å². The largest absolute Gasteiger partial charge is 0.497 e. The third kappa shape index (κ3) is 4.31. The third-order valence-corrected chi connectivity index (χ3v) is 5.68. The Balaban J connectivity index is 1.73. The molecule has 1 aromatic carbocycles. The van der Waals surface area contributed by atoms with Gasteiger partial charge in [-0.05, 0) is 11.6 Å². The number of fused-ring (bicyclic) bond motifs is 1. The Bertz CT molecular complexity index is 1200. The first kappa shape index (κ1) is 20.0. The summed E-state index contributed by atoms with van der Waals surface area (Å²) < 4.78 is 7.54. The van der Waals surface area contributed by atoms with E-state index in [0.29, 0.717) is 5.82 Å². The van der Waals surface area contributed by atoms with Crippen LogP contribution in [0.15, 0.2) is 66.0 Å². The maximum Gasteiger partial charge on any atom is 0.222 e. The second kappa shape index (κ2) is 8.59. The van der Waals surface area contributed by atoms with Gasteiger partial charge in [0.05, 0.1) is 24.5 Å². The van der Waals surface area contributed by atoms with Crippen molar-refractivity contribution in [3.63, 3.8) is 0 Å². The number of amides is 1. The SMILES string of the molecule is COc1cc(SCc2ccccc2)nc(-c2cn(C)c3cnc(NC(C)=O)cc23)c1. The Morgan fingerprint density at radius 3 is 2.73 bits per heavy atom. The Kier molecular flexibility index (Phi) is 5.72. The van der Waals surface area contributed by atoms with Crippen molar-refractivity contribution in [2.24, 2.45) is 7.05 Å². The number of methoxy groups -OCH3 is 1. The molecule has 7 heteroatoms. The first-order valence-corrected chi connectivity index (χ1v) is 10.5. The maximum absolute atomic E-state index is 11.4. The van der Waals surface area contributed by atoms with E-state index < -0.39 is 0 Å². The van der Waals surface area contributed by atoms with Gasteiger partial charge in [0, 0.05) is 49.0 Å². The summed E-state index contributed by atoms with van der Waals surface area (Å²) in [6.45, 7) is 1.47. The number of pyridine rings is 2.